The van der Waals surface area contributed by atoms with Gasteiger partial charge >= 0.3 is 6.09 Å². The van der Waals surface area contributed by atoms with E-state index in [-0.39, 0.29) is 0 Å². The number of carbonyl (C=O) groups excluding carboxylic acids is 1. The molecule has 0 heterocycles. The van der Waals surface area contributed by atoms with Gasteiger partial charge in [0.05, 0.1) is 6.61 Å². The SMILES string of the molecule is CC(C)(C)OC(=O)NC(=NCCCOc1ccc(N)cc1)NCCCCCCCCN. The second kappa shape index (κ2) is 15.3. The second-order valence-corrected chi connectivity index (χ2v) is 8.47. The molecular formula is C23H41N5O3. The van der Waals surface area contributed by atoms with Gasteiger partial charge in [-0.05, 0) is 64.4 Å². The van der Waals surface area contributed by atoms with E-state index in [1.54, 1.807) is 12.1 Å². The van der Waals surface area contributed by atoms with E-state index in [0.29, 0.717) is 31.2 Å². The molecule has 31 heavy (non-hydrogen) atoms. The lowest BCUT2D eigenvalue weighted by atomic mass is 10.1. The fraction of sp³-hybridized carbons (Fsp3) is 0.652. The van der Waals surface area contributed by atoms with Crippen LogP contribution < -0.4 is 26.8 Å². The van der Waals surface area contributed by atoms with Crippen molar-refractivity contribution in [3.05, 3.63) is 24.3 Å². The Morgan fingerprint density at radius 2 is 1.65 bits per heavy atom. The lowest BCUT2D eigenvalue weighted by Crippen LogP contribution is -2.44. The molecule has 0 bridgehead atoms. The van der Waals surface area contributed by atoms with E-state index in [4.69, 9.17) is 20.9 Å². The van der Waals surface area contributed by atoms with Crippen LogP contribution in [0.15, 0.2) is 29.3 Å². The zero-order valence-corrected chi connectivity index (χ0v) is 19.4. The molecule has 8 heteroatoms. The molecule has 0 aliphatic rings. The third kappa shape index (κ3) is 15.0. The summed E-state index contributed by atoms with van der Waals surface area (Å²) in [5, 5.41) is 5.93. The maximum Gasteiger partial charge on any atom is 0.414 e. The van der Waals surface area contributed by atoms with Crippen LogP contribution in [0.3, 0.4) is 0 Å². The number of ether oxygens (including phenoxy) is 2. The van der Waals surface area contributed by atoms with Gasteiger partial charge in [0, 0.05) is 25.2 Å². The third-order valence-corrected chi connectivity index (χ3v) is 4.26. The summed E-state index contributed by atoms with van der Waals surface area (Å²) in [6, 6.07) is 7.29. The summed E-state index contributed by atoms with van der Waals surface area (Å²) in [6.07, 6.45) is 7.03. The summed E-state index contributed by atoms with van der Waals surface area (Å²) in [7, 11) is 0. The number of hydrogen-bond acceptors (Lipinski definition) is 6. The van der Waals surface area contributed by atoms with E-state index in [1.165, 1.54) is 19.3 Å². The van der Waals surface area contributed by atoms with Gasteiger partial charge in [0.2, 0.25) is 5.96 Å². The minimum Gasteiger partial charge on any atom is -0.494 e. The van der Waals surface area contributed by atoms with Gasteiger partial charge in [0.25, 0.3) is 0 Å². The minimum absolute atomic E-state index is 0.435. The fourth-order valence-corrected chi connectivity index (χ4v) is 2.73. The maximum atomic E-state index is 12.1. The van der Waals surface area contributed by atoms with Crippen LogP contribution in [0.25, 0.3) is 0 Å². The van der Waals surface area contributed by atoms with Crippen molar-refractivity contribution in [2.45, 2.75) is 71.3 Å². The predicted octanol–water partition coefficient (Wildman–Crippen LogP) is 3.81. The van der Waals surface area contributed by atoms with Crippen LogP contribution in [-0.2, 0) is 4.74 Å². The van der Waals surface area contributed by atoms with Crippen molar-refractivity contribution in [1.82, 2.24) is 10.6 Å². The molecule has 0 spiro atoms. The molecule has 0 saturated carbocycles. The van der Waals surface area contributed by atoms with Gasteiger partial charge in [-0.25, -0.2) is 4.79 Å². The Kier molecular flexibility index (Phi) is 13.1. The Morgan fingerprint density at radius 3 is 2.29 bits per heavy atom. The van der Waals surface area contributed by atoms with Crippen LogP contribution in [0, 0.1) is 0 Å². The highest BCUT2D eigenvalue weighted by Gasteiger charge is 2.17. The lowest BCUT2D eigenvalue weighted by molar-refractivity contribution is 0.0561. The summed E-state index contributed by atoms with van der Waals surface area (Å²) in [5.74, 6) is 1.21. The summed E-state index contributed by atoms with van der Waals surface area (Å²) in [5.41, 5.74) is 11.3. The van der Waals surface area contributed by atoms with Gasteiger partial charge in [-0.1, -0.05) is 25.7 Å². The molecule has 0 aliphatic heterocycles. The molecule has 0 saturated heterocycles. The third-order valence-electron chi connectivity index (χ3n) is 4.26. The van der Waals surface area contributed by atoms with Gasteiger partial charge in [-0.2, -0.15) is 0 Å². The molecule has 1 amide bonds. The number of nitrogens with zero attached hydrogens (tertiary/aromatic N) is 1. The number of rotatable bonds is 13. The van der Waals surface area contributed by atoms with Crippen LogP contribution in [0.1, 0.15) is 65.7 Å². The molecule has 0 atom stereocenters. The maximum absolute atomic E-state index is 12.1. The number of nitrogens with one attached hydrogen (secondary N) is 2. The zero-order valence-electron chi connectivity index (χ0n) is 19.4. The molecule has 0 aromatic heterocycles. The molecule has 8 nitrogen and oxygen atoms in total. The number of aliphatic imine (C=N–C) groups is 1. The molecule has 1 aromatic rings. The normalized spacial score (nSPS) is 11.8. The largest absolute Gasteiger partial charge is 0.494 e. The van der Waals surface area contributed by atoms with Gasteiger partial charge in [0.15, 0.2) is 0 Å². The van der Waals surface area contributed by atoms with Gasteiger partial charge < -0.3 is 26.3 Å². The molecule has 176 valence electrons. The number of benzene rings is 1. The Balaban J connectivity index is 2.39. The quantitative estimate of drug-likeness (QED) is 0.162. The van der Waals surface area contributed by atoms with E-state index in [2.05, 4.69) is 15.6 Å². The van der Waals surface area contributed by atoms with E-state index in [9.17, 15) is 4.79 Å². The monoisotopic (exact) mass is 435 g/mol. The van der Waals surface area contributed by atoms with E-state index in [1.807, 2.05) is 32.9 Å². The number of guanidine groups is 1. The Labute approximate surface area is 187 Å². The Morgan fingerprint density at radius 1 is 1.00 bits per heavy atom. The number of hydrogen-bond donors (Lipinski definition) is 4. The van der Waals surface area contributed by atoms with Crippen molar-refractivity contribution in [3.8, 4) is 5.75 Å². The molecular weight excluding hydrogens is 394 g/mol. The first-order valence-electron chi connectivity index (χ1n) is 11.3. The van der Waals surface area contributed by atoms with E-state index in [0.717, 1.165) is 38.1 Å². The fourth-order valence-electron chi connectivity index (χ4n) is 2.73. The topological polar surface area (TPSA) is 124 Å². The summed E-state index contributed by atoms with van der Waals surface area (Å²) in [6.45, 7) is 8.04. The lowest BCUT2D eigenvalue weighted by Gasteiger charge is -2.20. The van der Waals surface area contributed by atoms with Crippen molar-refractivity contribution in [1.29, 1.82) is 0 Å². The number of carbonyl (C=O) groups is 1. The first-order chi connectivity index (χ1) is 14.8. The first kappa shape index (κ1) is 26.6. The van der Waals surface area contributed by atoms with Crippen LogP contribution >= 0.6 is 0 Å². The zero-order chi connectivity index (χ0) is 23.0. The molecule has 0 radical (unpaired) electrons. The Bertz CT molecular complexity index is 642. The van der Waals surface area contributed by atoms with Crippen LogP contribution in [0.4, 0.5) is 10.5 Å². The highest BCUT2D eigenvalue weighted by molar-refractivity contribution is 5.94. The van der Waals surface area contributed by atoms with Crippen molar-refractivity contribution in [3.63, 3.8) is 0 Å². The molecule has 6 N–H and O–H groups in total. The van der Waals surface area contributed by atoms with Crippen molar-refractivity contribution in [2.24, 2.45) is 10.7 Å². The number of alkyl carbamates (subject to hydrolysis) is 1. The van der Waals surface area contributed by atoms with Crippen LogP contribution in [-0.4, -0.2) is 43.9 Å². The number of amides is 1. The average molecular weight is 436 g/mol. The summed E-state index contributed by atoms with van der Waals surface area (Å²) >= 11 is 0. The van der Waals surface area contributed by atoms with Crippen molar-refractivity contribution >= 4 is 17.7 Å². The minimum atomic E-state index is -0.564. The molecule has 0 fully saturated rings. The van der Waals surface area contributed by atoms with Crippen molar-refractivity contribution in [2.75, 3.05) is 32.0 Å². The first-order valence-corrected chi connectivity index (χ1v) is 11.3. The predicted molar refractivity (Wildman–Crippen MR) is 127 cm³/mol. The number of unbranched alkanes of at least 4 members (excludes halogenated alkanes) is 5. The van der Waals surface area contributed by atoms with Gasteiger partial charge in [-0.3, -0.25) is 10.3 Å². The van der Waals surface area contributed by atoms with Gasteiger partial charge in [0.1, 0.15) is 11.4 Å². The summed E-state index contributed by atoms with van der Waals surface area (Å²) in [4.78, 5) is 16.6. The smallest absolute Gasteiger partial charge is 0.414 e. The summed E-state index contributed by atoms with van der Waals surface area (Å²) < 4.78 is 11.0. The van der Waals surface area contributed by atoms with Gasteiger partial charge in [-0.15, -0.1) is 0 Å². The average Bonchev–Trinajstić information content (AvgIpc) is 2.69. The van der Waals surface area contributed by atoms with E-state index >= 15 is 0 Å². The number of nitrogens with two attached hydrogens (primary N) is 2. The molecule has 1 rings (SSSR count). The molecule has 0 unspecified atom stereocenters. The molecule has 0 aliphatic carbocycles. The van der Waals surface area contributed by atoms with Crippen molar-refractivity contribution < 1.29 is 14.3 Å². The number of anilines is 1. The van der Waals surface area contributed by atoms with Crippen LogP contribution in [0.5, 0.6) is 5.75 Å². The number of nitrogen functional groups attached to an aromatic ring is 1. The highest BCUT2D eigenvalue weighted by Crippen LogP contribution is 2.13. The highest BCUT2D eigenvalue weighted by atomic mass is 16.6. The second-order valence-electron chi connectivity index (χ2n) is 8.47. The molecule has 1 aromatic carbocycles. The Hall–Kier alpha value is -2.48. The standard InChI is InChI=1S/C23H41N5O3/c1-23(2,3)31-22(29)28-21(26-16-9-7-5-4-6-8-15-24)27-17-10-18-30-20-13-11-19(25)12-14-20/h11-14H,4-10,15-18,24-25H2,1-3H3,(H2,26,27,28,29). The van der Waals surface area contributed by atoms with Crippen LogP contribution in [0.2, 0.25) is 0 Å². The van der Waals surface area contributed by atoms with E-state index < -0.39 is 11.7 Å².